The maximum Gasteiger partial charge on any atom is 0.323 e. The van der Waals surface area contributed by atoms with Crippen molar-refractivity contribution in [1.82, 2.24) is 0 Å². The van der Waals surface area contributed by atoms with E-state index in [0.717, 1.165) is 6.42 Å². The Hall–Kier alpha value is -2.73. The molecule has 2 N–H and O–H groups in total. The number of methoxy groups -OCH3 is 1. The third-order valence-electron chi connectivity index (χ3n) is 3.88. The highest BCUT2D eigenvalue weighted by Crippen LogP contribution is 2.34. The van der Waals surface area contributed by atoms with Crippen LogP contribution in [0.25, 0.3) is 0 Å². The van der Waals surface area contributed by atoms with Gasteiger partial charge in [-0.25, -0.2) is 4.79 Å². The van der Waals surface area contributed by atoms with Gasteiger partial charge in [-0.2, -0.15) is 0 Å². The fourth-order valence-electron chi connectivity index (χ4n) is 2.74. The lowest BCUT2D eigenvalue weighted by atomic mass is 10.2. The average molecular weight is 360 g/mol. The second kappa shape index (κ2) is 7.44. The number of urea groups is 1. The molecule has 1 aliphatic rings. The van der Waals surface area contributed by atoms with Gasteiger partial charge in [-0.05, 0) is 42.8 Å². The van der Waals surface area contributed by atoms with E-state index >= 15 is 0 Å². The van der Waals surface area contributed by atoms with E-state index in [1.165, 1.54) is 0 Å². The molecule has 1 heterocycles. The Balaban J connectivity index is 1.76. The van der Waals surface area contributed by atoms with Gasteiger partial charge in [-0.15, -0.1) is 0 Å². The lowest BCUT2D eigenvalue weighted by Gasteiger charge is -2.20. The molecule has 0 aliphatic carbocycles. The predicted octanol–water partition coefficient (Wildman–Crippen LogP) is 4.12. The Morgan fingerprint density at radius 2 is 1.92 bits per heavy atom. The maximum atomic E-state index is 12.2. The molecule has 0 atom stereocenters. The summed E-state index contributed by atoms with van der Waals surface area (Å²) in [5.41, 5.74) is 1.81. The van der Waals surface area contributed by atoms with Gasteiger partial charge in [0, 0.05) is 29.4 Å². The van der Waals surface area contributed by atoms with E-state index in [1.54, 1.807) is 54.5 Å². The molecule has 25 heavy (non-hydrogen) atoms. The number of carbonyl (C=O) groups is 2. The number of carbonyl (C=O) groups excluding carboxylic acids is 2. The van der Waals surface area contributed by atoms with Crippen molar-refractivity contribution in [3.8, 4) is 5.75 Å². The fraction of sp³-hybridized carbons (Fsp3) is 0.222. The second-order valence-electron chi connectivity index (χ2n) is 5.63. The SMILES string of the molecule is COc1ccc(NC(=O)Nc2cccc(Cl)c2)cc1N1CCCC1=O. The van der Waals surface area contributed by atoms with E-state index in [9.17, 15) is 9.59 Å². The minimum atomic E-state index is -0.397. The number of ether oxygens (including phenoxy) is 1. The van der Waals surface area contributed by atoms with Gasteiger partial charge in [-0.3, -0.25) is 4.79 Å². The van der Waals surface area contributed by atoms with Crippen LogP contribution in [0.1, 0.15) is 12.8 Å². The van der Waals surface area contributed by atoms with Gasteiger partial charge in [0.2, 0.25) is 5.91 Å². The first-order valence-corrected chi connectivity index (χ1v) is 8.26. The van der Waals surface area contributed by atoms with Crippen molar-refractivity contribution in [3.63, 3.8) is 0 Å². The number of rotatable bonds is 4. The fourth-order valence-corrected chi connectivity index (χ4v) is 2.93. The van der Waals surface area contributed by atoms with Crippen LogP contribution in [0.4, 0.5) is 21.9 Å². The van der Waals surface area contributed by atoms with Crippen molar-refractivity contribution in [2.24, 2.45) is 0 Å². The van der Waals surface area contributed by atoms with Crippen LogP contribution in [-0.4, -0.2) is 25.6 Å². The van der Waals surface area contributed by atoms with Crippen LogP contribution in [0.2, 0.25) is 5.02 Å². The van der Waals surface area contributed by atoms with E-state index in [-0.39, 0.29) is 5.91 Å². The summed E-state index contributed by atoms with van der Waals surface area (Å²) in [6.07, 6.45) is 1.34. The number of anilines is 3. The Morgan fingerprint density at radius 3 is 2.56 bits per heavy atom. The summed E-state index contributed by atoms with van der Waals surface area (Å²) in [5, 5.41) is 6.00. The van der Waals surface area contributed by atoms with Crippen molar-refractivity contribution < 1.29 is 14.3 Å². The summed E-state index contributed by atoms with van der Waals surface area (Å²) in [4.78, 5) is 25.9. The van der Waals surface area contributed by atoms with Crippen LogP contribution in [0.15, 0.2) is 42.5 Å². The molecule has 1 saturated heterocycles. The molecule has 0 bridgehead atoms. The van der Waals surface area contributed by atoms with Crippen molar-refractivity contribution in [2.45, 2.75) is 12.8 Å². The third-order valence-corrected chi connectivity index (χ3v) is 4.12. The minimum absolute atomic E-state index is 0.0545. The number of hydrogen-bond acceptors (Lipinski definition) is 3. The molecule has 2 aromatic rings. The monoisotopic (exact) mass is 359 g/mol. The number of hydrogen-bond donors (Lipinski definition) is 2. The molecule has 0 radical (unpaired) electrons. The zero-order valence-electron chi connectivity index (χ0n) is 13.7. The molecule has 3 amide bonds. The minimum Gasteiger partial charge on any atom is -0.495 e. The first-order valence-electron chi connectivity index (χ1n) is 7.89. The summed E-state index contributed by atoms with van der Waals surface area (Å²) in [6.45, 7) is 0.646. The van der Waals surface area contributed by atoms with Gasteiger partial charge >= 0.3 is 6.03 Å². The number of benzene rings is 2. The van der Waals surface area contributed by atoms with Gasteiger partial charge in [0.15, 0.2) is 0 Å². The topological polar surface area (TPSA) is 70.7 Å². The van der Waals surface area contributed by atoms with Gasteiger partial charge in [0.05, 0.1) is 12.8 Å². The van der Waals surface area contributed by atoms with Crippen molar-refractivity contribution in [1.29, 1.82) is 0 Å². The van der Waals surface area contributed by atoms with Gasteiger partial charge in [0.25, 0.3) is 0 Å². The van der Waals surface area contributed by atoms with E-state index in [4.69, 9.17) is 16.3 Å². The highest BCUT2D eigenvalue weighted by Gasteiger charge is 2.24. The number of halogens is 1. The molecule has 7 heteroatoms. The molecule has 0 unspecified atom stereocenters. The average Bonchev–Trinajstić information content (AvgIpc) is 3.00. The molecule has 2 aromatic carbocycles. The standard InChI is InChI=1S/C18H18ClN3O3/c1-25-16-8-7-14(11-15(16)22-9-3-6-17(22)23)21-18(24)20-13-5-2-4-12(19)10-13/h2,4-5,7-8,10-11H,3,6,9H2,1H3,(H2,20,21,24). The molecule has 1 aliphatic heterocycles. The first kappa shape index (κ1) is 17.1. The largest absolute Gasteiger partial charge is 0.495 e. The highest BCUT2D eigenvalue weighted by atomic mass is 35.5. The predicted molar refractivity (Wildman–Crippen MR) is 98.7 cm³/mol. The summed E-state index contributed by atoms with van der Waals surface area (Å²) in [7, 11) is 1.55. The molecular formula is C18H18ClN3O3. The van der Waals surface area contributed by atoms with Gasteiger partial charge < -0.3 is 20.3 Å². The molecule has 6 nitrogen and oxygen atoms in total. The smallest absolute Gasteiger partial charge is 0.323 e. The molecule has 130 valence electrons. The van der Waals surface area contributed by atoms with E-state index < -0.39 is 6.03 Å². The lowest BCUT2D eigenvalue weighted by molar-refractivity contribution is -0.117. The van der Waals surface area contributed by atoms with Crippen LogP contribution in [0.5, 0.6) is 5.75 Å². The molecule has 1 fully saturated rings. The van der Waals surface area contributed by atoms with E-state index in [0.29, 0.717) is 40.8 Å². The normalized spacial score (nSPS) is 13.7. The Kier molecular flexibility index (Phi) is 5.09. The van der Waals surface area contributed by atoms with Crippen molar-refractivity contribution in [2.75, 3.05) is 29.2 Å². The van der Waals surface area contributed by atoms with Gasteiger partial charge in [0.1, 0.15) is 5.75 Å². The quantitative estimate of drug-likeness (QED) is 0.862. The summed E-state index contributed by atoms with van der Waals surface area (Å²) >= 11 is 5.91. The van der Waals surface area contributed by atoms with Crippen molar-refractivity contribution in [3.05, 3.63) is 47.5 Å². The number of nitrogens with zero attached hydrogens (tertiary/aromatic N) is 1. The third kappa shape index (κ3) is 4.03. The molecular weight excluding hydrogens is 342 g/mol. The lowest BCUT2D eigenvalue weighted by Crippen LogP contribution is -2.25. The highest BCUT2D eigenvalue weighted by molar-refractivity contribution is 6.30. The van der Waals surface area contributed by atoms with Crippen LogP contribution in [0.3, 0.4) is 0 Å². The summed E-state index contributed by atoms with van der Waals surface area (Å²) in [5.74, 6) is 0.648. The van der Waals surface area contributed by atoms with E-state index in [2.05, 4.69) is 10.6 Å². The number of amides is 3. The van der Waals surface area contributed by atoms with Gasteiger partial charge in [-0.1, -0.05) is 17.7 Å². The zero-order chi connectivity index (χ0) is 17.8. The Morgan fingerprint density at radius 1 is 1.16 bits per heavy atom. The van der Waals surface area contributed by atoms with Crippen molar-refractivity contribution >= 4 is 40.6 Å². The number of nitrogens with one attached hydrogen (secondary N) is 2. The first-order chi connectivity index (χ1) is 12.1. The summed E-state index contributed by atoms with van der Waals surface area (Å²) in [6, 6.07) is 11.7. The molecule has 3 rings (SSSR count). The molecule has 0 saturated carbocycles. The molecule has 0 spiro atoms. The Bertz CT molecular complexity index is 810. The second-order valence-corrected chi connectivity index (χ2v) is 6.06. The van der Waals surface area contributed by atoms with Crippen LogP contribution in [0, 0.1) is 0 Å². The maximum absolute atomic E-state index is 12.2. The van der Waals surface area contributed by atoms with E-state index in [1.807, 2.05) is 0 Å². The van der Waals surface area contributed by atoms with Crippen LogP contribution in [-0.2, 0) is 4.79 Å². The van der Waals surface area contributed by atoms with Crippen LogP contribution < -0.4 is 20.3 Å². The van der Waals surface area contributed by atoms with Crippen LogP contribution >= 0.6 is 11.6 Å². The molecule has 0 aromatic heterocycles. The summed E-state index contributed by atoms with van der Waals surface area (Å²) < 4.78 is 5.34. The Labute approximate surface area is 150 Å². The zero-order valence-corrected chi connectivity index (χ0v) is 14.5.